The van der Waals surface area contributed by atoms with Crippen molar-refractivity contribution >= 4 is 14.0 Å². The van der Waals surface area contributed by atoms with Crippen LogP contribution in [-0.2, 0) is 4.43 Å². The van der Waals surface area contributed by atoms with Crippen molar-refractivity contribution < 1.29 is 4.43 Å². The minimum absolute atomic E-state index is 0.878. The molecule has 0 aliphatic carbocycles. The Balaban J connectivity index is 1.88. The minimum atomic E-state index is -1.37. The summed E-state index contributed by atoms with van der Waals surface area (Å²) in [7, 11) is -1.37. The second kappa shape index (κ2) is 6.88. The van der Waals surface area contributed by atoms with E-state index in [4.69, 9.17) is 4.43 Å². The quantitative estimate of drug-likeness (QED) is 0.571. The fraction of sp³-hybridized carbons (Fsp3) is 0.556. The van der Waals surface area contributed by atoms with Crippen LogP contribution in [0.1, 0.15) is 23.1 Å². The molecule has 0 saturated heterocycles. The van der Waals surface area contributed by atoms with Gasteiger partial charge < -0.3 is 14.2 Å². The summed E-state index contributed by atoms with van der Waals surface area (Å²) in [6, 6.07) is 4.53. The zero-order chi connectivity index (χ0) is 16.3. The molecule has 122 valence electrons. The van der Waals surface area contributed by atoms with Crippen molar-refractivity contribution in [3.8, 4) is 0 Å². The topological polar surface area (TPSA) is 15.7 Å². The predicted octanol–water partition coefficient (Wildman–Crippen LogP) is 4.40. The van der Waals surface area contributed by atoms with Crippen LogP contribution in [-0.4, -0.2) is 33.0 Å². The van der Waals surface area contributed by atoms with Gasteiger partial charge in [-0.3, -0.25) is 0 Å². The first kappa shape index (κ1) is 17.1. The Bertz CT molecular complexity index is 526. The third kappa shape index (κ3) is 4.62. The molecule has 0 amide bonds. The highest BCUT2D eigenvalue weighted by Gasteiger charge is 2.18. The summed E-state index contributed by atoms with van der Waals surface area (Å²) in [5.74, 6) is 0. The Morgan fingerprint density at radius 2 is 1.68 bits per heavy atom. The summed E-state index contributed by atoms with van der Waals surface area (Å²) >= 11 is 0. The Morgan fingerprint density at radius 3 is 2.27 bits per heavy atom. The summed E-state index contributed by atoms with van der Waals surface area (Å²) in [6.45, 7) is 16.2. The average molecular weight is 319 g/mol. The first-order chi connectivity index (χ1) is 10.3. The van der Waals surface area contributed by atoms with Gasteiger partial charge in [0.05, 0.1) is 6.67 Å². The molecule has 1 aromatic carbocycles. The number of nitrogens with zero attached hydrogens (tertiary/aromatic N) is 2. The molecule has 0 fully saturated rings. The predicted molar refractivity (Wildman–Crippen MR) is 97.8 cm³/mol. The van der Waals surface area contributed by atoms with Gasteiger partial charge in [-0.15, -0.1) is 0 Å². The van der Waals surface area contributed by atoms with Crippen LogP contribution in [0, 0.1) is 20.8 Å². The van der Waals surface area contributed by atoms with Gasteiger partial charge >= 0.3 is 0 Å². The molecule has 0 aromatic heterocycles. The van der Waals surface area contributed by atoms with E-state index in [-0.39, 0.29) is 0 Å². The molecule has 0 spiro atoms. The van der Waals surface area contributed by atoms with Gasteiger partial charge in [0.25, 0.3) is 0 Å². The summed E-state index contributed by atoms with van der Waals surface area (Å²) in [6.07, 6.45) is 5.49. The first-order valence-electron chi connectivity index (χ1n) is 8.17. The van der Waals surface area contributed by atoms with Crippen LogP contribution in [0.3, 0.4) is 0 Å². The zero-order valence-corrected chi connectivity index (χ0v) is 15.9. The van der Waals surface area contributed by atoms with Gasteiger partial charge in [-0.25, -0.2) is 0 Å². The number of rotatable bonds is 6. The molecule has 22 heavy (non-hydrogen) atoms. The van der Waals surface area contributed by atoms with Crippen molar-refractivity contribution in [3.05, 3.63) is 41.2 Å². The largest absolute Gasteiger partial charge is 0.418 e. The highest BCUT2D eigenvalue weighted by molar-refractivity contribution is 6.69. The molecule has 0 bridgehead atoms. The third-order valence-corrected chi connectivity index (χ3v) is 4.91. The smallest absolute Gasteiger partial charge is 0.183 e. The van der Waals surface area contributed by atoms with Gasteiger partial charge in [-0.2, -0.15) is 0 Å². The van der Waals surface area contributed by atoms with E-state index in [9.17, 15) is 0 Å². The molecule has 0 N–H and O–H groups in total. The molecule has 0 unspecified atom stereocenters. The molecule has 1 aliphatic rings. The molecule has 1 aliphatic heterocycles. The van der Waals surface area contributed by atoms with Crippen molar-refractivity contribution in [1.82, 2.24) is 4.90 Å². The van der Waals surface area contributed by atoms with Crippen LogP contribution in [0.2, 0.25) is 19.6 Å². The molecule has 3 nitrogen and oxygen atoms in total. The molecule has 0 atom stereocenters. The standard InChI is InChI=1S/C18H30N2OSi/c1-15-12-16(2)18(17(3)13-15)20-10-9-19(14-20)8-7-11-21-22(4,5)6/h9-10,12-13H,7-8,11,14H2,1-6H3. The summed E-state index contributed by atoms with van der Waals surface area (Å²) < 4.78 is 5.93. The average Bonchev–Trinajstić information content (AvgIpc) is 2.81. The molecule has 2 rings (SSSR count). The Hall–Kier alpha value is -1.26. The molecular formula is C18H30N2OSi. The van der Waals surface area contributed by atoms with Gasteiger partial charge in [0.15, 0.2) is 8.32 Å². The van der Waals surface area contributed by atoms with E-state index in [0.717, 1.165) is 26.2 Å². The van der Waals surface area contributed by atoms with E-state index >= 15 is 0 Å². The van der Waals surface area contributed by atoms with E-state index in [1.54, 1.807) is 0 Å². The lowest BCUT2D eigenvalue weighted by Crippen LogP contribution is -2.29. The fourth-order valence-electron chi connectivity index (χ4n) is 3.03. The van der Waals surface area contributed by atoms with Crippen molar-refractivity contribution in [3.63, 3.8) is 0 Å². The van der Waals surface area contributed by atoms with E-state index in [2.05, 4.69) is 74.7 Å². The van der Waals surface area contributed by atoms with E-state index in [1.807, 2.05) is 0 Å². The Kier molecular flexibility index (Phi) is 5.35. The summed E-state index contributed by atoms with van der Waals surface area (Å²) in [5.41, 5.74) is 5.39. The Labute approximate surface area is 136 Å². The third-order valence-electron chi connectivity index (χ3n) is 3.84. The zero-order valence-electron chi connectivity index (χ0n) is 14.9. The van der Waals surface area contributed by atoms with Crippen LogP contribution in [0.25, 0.3) is 0 Å². The number of hydrogen-bond donors (Lipinski definition) is 0. The number of hydrogen-bond acceptors (Lipinski definition) is 3. The number of benzene rings is 1. The first-order valence-corrected chi connectivity index (χ1v) is 11.6. The maximum Gasteiger partial charge on any atom is 0.183 e. The van der Waals surface area contributed by atoms with Crippen LogP contribution in [0.15, 0.2) is 24.5 Å². The monoisotopic (exact) mass is 318 g/mol. The summed E-state index contributed by atoms with van der Waals surface area (Å²) in [4.78, 5) is 4.72. The van der Waals surface area contributed by atoms with Gasteiger partial charge in [-0.05, 0) is 58.0 Å². The maximum absolute atomic E-state index is 5.93. The van der Waals surface area contributed by atoms with Gasteiger partial charge in [0.1, 0.15) is 0 Å². The van der Waals surface area contributed by atoms with Crippen LogP contribution >= 0.6 is 0 Å². The van der Waals surface area contributed by atoms with Crippen LogP contribution < -0.4 is 4.90 Å². The molecule has 1 heterocycles. The molecular weight excluding hydrogens is 288 g/mol. The molecule has 0 saturated carbocycles. The van der Waals surface area contributed by atoms with Crippen molar-refractivity contribution in [1.29, 1.82) is 0 Å². The van der Waals surface area contributed by atoms with Crippen LogP contribution in [0.4, 0.5) is 5.69 Å². The normalized spacial score (nSPS) is 15.0. The van der Waals surface area contributed by atoms with Crippen molar-refractivity contribution in [2.45, 2.75) is 46.8 Å². The molecule has 1 aromatic rings. The SMILES string of the molecule is Cc1cc(C)c(N2C=CN(CCCO[Si](C)(C)C)C2)c(C)c1. The van der Waals surface area contributed by atoms with E-state index in [0.29, 0.717) is 0 Å². The number of anilines is 1. The highest BCUT2D eigenvalue weighted by atomic mass is 28.4. The van der Waals surface area contributed by atoms with Gasteiger partial charge in [-0.1, -0.05) is 17.7 Å². The van der Waals surface area contributed by atoms with Crippen molar-refractivity contribution in [2.75, 3.05) is 24.7 Å². The summed E-state index contributed by atoms with van der Waals surface area (Å²) in [5, 5.41) is 0. The molecule has 0 radical (unpaired) electrons. The lowest BCUT2D eigenvalue weighted by Gasteiger charge is -2.25. The maximum atomic E-state index is 5.93. The van der Waals surface area contributed by atoms with Crippen LogP contribution in [0.5, 0.6) is 0 Å². The second-order valence-corrected chi connectivity index (χ2v) is 11.8. The van der Waals surface area contributed by atoms with Crippen molar-refractivity contribution in [2.24, 2.45) is 0 Å². The minimum Gasteiger partial charge on any atom is -0.418 e. The second-order valence-electron chi connectivity index (χ2n) is 7.28. The highest BCUT2D eigenvalue weighted by Crippen LogP contribution is 2.28. The van der Waals surface area contributed by atoms with Gasteiger partial charge in [0, 0.05) is 31.2 Å². The van der Waals surface area contributed by atoms with Gasteiger partial charge in [0.2, 0.25) is 0 Å². The lowest BCUT2D eigenvalue weighted by molar-refractivity contribution is 0.277. The molecule has 4 heteroatoms. The Morgan fingerprint density at radius 1 is 1.05 bits per heavy atom. The van der Waals surface area contributed by atoms with E-state index < -0.39 is 8.32 Å². The lowest BCUT2D eigenvalue weighted by atomic mass is 10.0. The van der Waals surface area contributed by atoms with E-state index in [1.165, 1.54) is 22.4 Å². The fourth-order valence-corrected chi connectivity index (χ4v) is 3.78. The number of aryl methyl sites for hydroxylation is 3.